The Kier molecular flexibility index (Phi) is 8.85. The summed E-state index contributed by atoms with van der Waals surface area (Å²) in [7, 11) is -2.33. The zero-order chi connectivity index (χ0) is 27.8. The molecule has 0 unspecified atom stereocenters. The molecular formula is C30H28FN3O4S. The number of amides is 1. The maximum absolute atomic E-state index is 14.0. The number of rotatable bonds is 10. The third-order valence-electron chi connectivity index (χ3n) is 6.06. The minimum absolute atomic E-state index is 0.0930. The molecule has 0 aliphatic rings. The molecule has 4 aromatic carbocycles. The zero-order valence-corrected chi connectivity index (χ0v) is 22.4. The van der Waals surface area contributed by atoms with Crippen molar-refractivity contribution in [2.45, 2.75) is 24.9 Å². The molecule has 39 heavy (non-hydrogen) atoms. The largest absolute Gasteiger partial charge is 0.497 e. The van der Waals surface area contributed by atoms with Crippen molar-refractivity contribution in [3.8, 4) is 5.75 Å². The molecular weight excluding hydrogens is 517 g/mol. The van der Waals surface area contributed by atoms with Crippen LogP contribution in [0.4, 0.5) is 4.39 Å². The molecule has 4 aromatic rings. The predicted molar refractivity (Wildman–Crippen MR) is 148 cm³/mol. The van der Waals surface area contributed by atoms with Crippen LogP contribution in [0.5, 0.6) is 5.75 Å². The second kappa shape index (κ2) is 12.5. The highest BCUT2D eigenvalue weighted by Gasteiger charge is 2.25. The lowest BCUT2D eigenvalue weighted by molar-refractivity contribution is 0.0954. The monoisotopic (exact) mass is 545 g/mol. The van der Waals surface area contributed by atoms with E-state index in [0.717, 1.165) is 5.56 Å². The first-order valence-corrected chi connectivity index (χ1v) is 13.6. The van der Waals surface area contributed by atoms with E-state index in [2.05, 4.69) is 10.5 Å². The van der Waals surface area contributed by atoms with Gasteiger partial charge in [-0.1, -0.05) is 60.7 Å². The van der Waals surface area contributed by atoms with Crippen LogP contribution in [0.3, 0.4) is 0 Å². The van der Waals surface area contributed by atoms with Crippen LogP contribution in [0.1, 0.15) is 34.0 Å². The summed E-state index contributed by atoms with van der Waals surface area (Å²) in [4.78, 5) is 12.8. The molecule has 0 saturated heterocycles. The van der Waals surface area contributed by atoms with Crippen molar-refractivity contribution >= 4 is 21.6 Å². The van der Waals surface area contributed by atoms with Crippen molar-refractivity contribution < 1.29 is 22.3 Å². The number of ether oxygens (including phenoxy) is 1. The summed E-state index contributed by atoms with van der Waals surface area (Å²) in [6.07, 6.45) is 0. The SMILES string of the molecule is COc1ccc(S(=O)(=O)N(Cc2ccccc2)Cc2ccc(C(=O)N/N=C(/C)c3ccccc3F)cc2)cc1. The van der Waals surface area contributed by atoms with Gasteiger partial charge in [-0.05, 0) is 60.5 Å². The zero-order valence-electron chi connectivity index (χ0n) is 21.5. The molecule has 0 aliphatic carbocycles. The summed E-state index contributed by atoms with van der Waals surface area (Å²) in [5.74, 6) is -0.336. The summed E-state index contributed by atoms with van der Waals surface area (Å²) in [6, 6.07) is 28.3. The van der Waals surface area contributed by atoms with Gasteiger partial charge < -0.3 is 4.74 Å². The normalized spacial score (nSPS) is 11.8. The fourth-order valence-corrected chi connectivity index (χ4v) is 5.31. The first-order valence-electron chi connectivity index (χ1n) is 12.1. The molecule has 0 atom stereocenters. The Hall–Kier alpha value is -4.34. The van der Waals surface area contributed by atoms with E-state index < -0.39 is 21.7 Å². The van der Waals surface area contributed by atoms with E-state index in [0.29, 0.717) is 28.2 Å². The maximum atomic E-state index is 14.0. The predicted octanol–water partition coefficient (Wildman–Crippen LogP) is 5.38. The number of carbonyl (C=O) groups is 1. The summed E-state index contributed by atoms with van der Waals surface area (Å²) < 4.78 is 47.7. The number of methoxy groups -OCH3 is 1. The molecule has 200 valence electrons. The van der Waals surface area contributed by atoms with Crippen LogP contribution in [0.15, 0.2) is 113 Å². The second-order valence-corrected chi connectivity index (χ2v) is 10.7. The quantitative estimate of drug-likeness (QED) is 0.214. The van der Waals surface area contributed by atoms with Gasteiger partial charge >= 0.3 is 0 Å². The Morgan fingerprint density at radius 1 is 0.846 bits per heavy atom. The minimum atomic E-state index is -3.85. The van der Waals surface area contributed by atoms with Crippen molar-refractivity contribution in [3.63, 3.8) is 0 Å². The summed E-state index contributed by atoms with van der Waals surface area (Å²) >= 11 is 0. The standard InChI is InChI=1S/C30H28FN3O4S/c1-22(28-10-6-7-11-29(28)31)32-33-30(35)25-14-12-24(13-15-25)21-34(20-23-8-4-3-5-9-23)39(36,37)27-18-16-26(38-2)17-19-27/h3-19H,20-21H2,1-2H3,(H,33,35)/b32-22-. The third-order valence-corrected chi connectivity index (χ3v) is 7.87. The summed E-state index contributed by atoms with van der Waals surface area (Å²) in [5.41, 5.74) is 4.94. The van der Waals surface area contributed by atoms with E-state index in [4.69, 9.17) is 4.74 Å². The molecule has 0 saturated carbocycles. The maximum Gasteiger partial charge on any atom is 0.271 e. The Morgan fingerprint density at radius 3 is 2.05 bits per heavy atom. The Balaban J connectivity index is 1.52. The second-order valence-electron chi connectivity index (χ2n) is 8.75. The smallest absolute Gasteiger partial charge is 0.271 e. The number of nitrogens with zero attached hydrogens (tertiary/aromatic N) is 2. The van der Waals surface area contributed by atoms with Crippen LogP contribution in [0.2, 0.25) is 0 Å². The van der Waals surface area contributed by atoms with E-state index >= 15 is 0 Å². The van der Waals surface area contributed by atoms with Gasteiger partial charge in [0.1, 0.15) is 11.6 Å². The number of hydrogen-bond donors (Lipinski definition) is 1. The van der Waals surface area contributed by atoms with E-state index in [-0.39, 0.29) is 18.0 Å². The van der Waals surface area contributed by atoms with Gasteiger partial charge in [0.2, 0.25) is 10.0 Å². The Morgan fingerprint density at radius 2 is 1.44 bits per heavy atom. The van der Waals surface area contributed by atoms with Crippen molar-refractivity contribution in [1.29, 1.82) is 0 Å². The molecule has 0 aliphatic heterocycles. The molecule has 1 amide bonds. The fourth-order valence-electron chi connectivity index (χ4n) is 3.89. The number of carbonyl (C=O) groups excluding carboxylic acids is 1. The highest BCUT2D eigenvalue weighted by atomic mass is 32.2. The van der Waals surface area contributed by atoms with E-state index in [1.807, 2.05) is 30.3 Å². The molecule has 4 rings (SSSR count). The lowest BCUT2D eigenvalue weighted by atomic mass is 10.1. The van der Waals surface area contributed by atoms with Gasteiger partial charge in [0.25, 0.3) is 5.91 Å². The number of halogens is 1. The van der Waals surface area contributed by atoms with Crippen molar-refractivity contribution in [2.24, 2.45) is 5.10 Å². The van der Waals surface area contributed by atoms with Crippen LogP contribution >= 0.6 is 0 Å². The number of hydrogen-bond acceptors (Lipinski definition) is 5. The van der Waals surface area contributed by atoms with Gasteiger partial charge in [-0.15, -0.1) is 0 Å². The van der Waals surface area contributed by atoms with Crippen LogP contribution < -0.4 is 10.2 Å². The Bertz CT molecular complexity index is 1560. The van der Waals surface area contributed by atoms with E-state index in [1.165, 1.54) is 29.6 Å². The number of sulfonamides is 1. The molecule has 0 bridgehead atoms. The van der Waals surface area contributed by atoms with Crippen LogP contribution in [0, 0.1) is 5.82 Å². The molecule has 0 aromatic heterocycles. The number of hydrazone groups is 1. The number of benzene rings is 4. The molecule has 9 heteroatoms. The van der Waals surface area contributed by atoms with Crippen LogP contribution in [-0.4, -0.2) is 31.5 Å². The highest BCUT2D eigenvalue weighted by Crippen LogP contribution is 2.23. The molecule has 7 nitrogen and oxygen atoms in total. The van der Waals surface area contributed by atoms with Crippen molar-refractivity contribution in [1.82, 2.24) is 9.73 Å². The summed E-state index contributed by atoms with van der Waals surface area (Å²) in [6.45, 7) is 1.86. The summed E-state index contributed by atoms with van der Waals surface area (Å²) in [5, 5.41) is 4.01. The average molecular weight is 546 g/mol. The Labute approximate surface area is 227 Å². The number of nitrogens with one attached hydrogen (secondary N) is 1. The van der Waals surface area contributed by atoms with Gasteiger partial charge in [-0.2, -0.15) is 9.41 Å². The van der Waals surface area contributed by atoms with Gasteiger partial charge in [-0.3, -0.25) is 4.79 Å². The van der Waals surface area contributed by atoms with E-state index in [9.17, 15) is 17.6 Å². The molecule has 0 heterocycles. The lowest BCUT2D eigenvalue weighted by Gasteiger charge is -2.23. The van der Waals surface area contributed by atoms with Crippen LogP contribution in [0.25, 0.3) is 0 Å². The van der Waals surface area contributed by atoms with Gasteiger partial charge in [0.15, 0.2) is 0 Å². The molecule has 0 radical (unpaired) electrons. The van der Waals surface area contributed by atoms with Gasteiger partial charge in [0.05, 0.1) is 17.7 Å². The molecule has 0 fully saturated rings. The highest BCUT2D eigenvalue weighted by molar-refractivity contribution is 7.89. The minimum Gasteiger partial charge on any atom is -0.497 e. The third kappa shape index (κ3) is 6.95. The lowest BCUT2D eigenvalue weighted by Crippen LogP contribution is -2.30. The fraction of sp³-hybridized carbons (Fsp3) is 0.133. The van der Waals surface area contributed by atoms with Crippen molar-refractivity contribution in [3.05, 3.63) is 131 Å². The van der Waals surface area contributed by atoms with Crippen LogP contribution in [-0.2, 0) is 23.1 Å². The van der Waals surface area contributed by atoms with Crippen molar-refractivity contribution in [2.75, 3.05) is 7.11 Å². The average Bonchev–Trinajstić information content (AvgIpc) is 2.96. The first-order chi connectivity index (χ1) is 18.8. The van der Waals surface area contributed by atoms with E-state index in [1.54, 1.807) is 61.5 Å². The molecule has 0 spiro atoms. The topological polar surface area (TPSA) is 88.1 Å². The molecule has 1 N–H and O–H groups in total. The van der Waals surface area contributed by atoms with Gasteiger partial charge in [-0.25, -0.2) is 18.2 Å². The first kappa shape index (κ1) is 27.7. The van der Waals surface area contributed by atoms with Gasteiger partial charge in [0, 0.05) is 24.2 Å².